The average molecular weight is 300 g/mol. The van der Waals surface area contributed by atoms with Crippen LogP contribution in [0.2, 0.25) is 0 Å². The Morgan fingerprint density at radius 3 is 2.38 bits per heavy atom. The first kappa shape index (κ1) is 17.2. The number of likely N-dealkylation sites (tertiary alicyclic amines) is 1. The molecule has 0 amide bonds. The lowest BCUT2D eigenvalue weighted by Gasteiger charge is -2.32. The summed E-state index contributed by atoms with van der Waals surface area (Å²) in [7, 11) is 3.55. The van der Waals surface area contributed by atoms with Gasteiger partial charge in [-0.05, 0) is 18.9 Å². The van der Waals surface area contributed by atoms with E-state index in [2.05, 4.69) is 24.1 Å². The number of hydrogen-bond acceptors (Lipinski definition) is 5. The lowest BCUT2D eigenvalue weighted by atomic mass is 9.86. The van der Waals surface area contributed by atoms with Crippen LogP contribution in [0.3, 0.4) is 0 Å². The fourth-order valence-electron chi connectivity index (χ4n) is 3.47. The Balaban J connectivity index is 1.88. The molecular weight excluding hydrogens is 268 g/mol. The minimum atomic E-state index is 0.193. The van der Waals surface area contributed by atoms with Crippen LogP contribution in [0.5, 0.6) is 0 Å². The van der Waals surface area contributed by atoms with E-state index in [0.29, 0.717) is 5.92 Å². The summed E-state index contributed by atoms with van der Waals surface area (Å²) in [5.41, 5.74) is 0.246. The van der Waals surface area contributed by atoms with E-state index in [9.17, 15) is 0 Å². The minimum absolute atomic E-state index is 0.193. The van der Waals surface area contributed by atoms with Gasteiger partial charge in [0.2, 0.25) is 0 Å². The van der Waals surface area contributed by atoms with Crippen LogP contribution in [-0.4, -0.2) is 77.3 Å². The van der Waals surface area contributed by atoms with Gasteiger partial charge in [-0.25, -0.2) is 0 Å². The molecule has 124 valence electrons. The molecule has 0 saturated carbocycles. The van der Waals surface area contributed by atoms with Crippen molar-refractivity contribution in [3.63, 3.8) is 0 Å². The van der Waals surface area contributed by atoms with Crippen molar-refractivity contribution in [3.05, 3.63) is 0 Å². The van der Waals surface area contributed by atoms with Crippen LogP contribution >= 0.6 is 0 Å². The molecule has 0 aromatic rings. The van der Waals surface area contributed by atoms with Crippen molar-refractivity contribution in [1.82, 2.24) is 10.2 Å². The molecular formula is C16H32N2O3. The quantitative estimate of drug-likeness (QED) is 0.724. The van der Waals surface area contributed by atoms with E-state index < -0.39 is 0 Å². The highest BCUT2D eigenvalue weighted by Crippen LogP contribution is 2.31. The monoisotopic (exact) mass is 300 g/mol. The maximum absolute atomic E-state index is 5.71. The van der Waals surface area contributed by atoms with E-state index in [-0.39, 0.29) is 17.6 Å². The lowest BCUT2D eigenvalue weighted by Crippen LogP contribution is -2.45. The molecule has 0 aliphatic carbocycles. The fraction of sp³-hybridized carbons (Fsp3) is 1.00. The van der Waals surface area contributed by atoms with Crippen molar-refractivity contribution < 1.29 is 14.2 Å². The summed E-state index contributed by atoms with van der Waals surface area (Å²) in [6, 6.07) is 0. The third-order valence-electron chi connectivity index (χ3n) is 4.69. The van der Waals surface area contributed by atoms with Crippen LogP contribution < -0.4 is 5.32 Å². The summed E-state index contributed by atoms with van der Waals surface area (Å²) in [5, 5.41) is 3.62. The van der Waals surface area contributed by atoms with Gasteiger partial charge in [-0.3, -0.25) is 4.90 Å². The Bertz CT molecular complexity index is 294. The first-order valence-electron chi connectivity index (χ1n) is 8.15. The lowest BCUT2D eigenvalue weighted by molar-refractivity contribution is -0.00461. The van der Waals surface area contributed by atoms with E-state index in [1.54, 1.807) is 14.2 Å². The van der Waals surface area contributed by atoms with Crippen molar-refractivity contribution in [1.29, 1.82) is 0 Å². The van der Waals surface area contributed by atoms with Gasteiger partial charge in [-0.1, -0.05) is 13.8 Å². The zero-order chi connectivity index (χ0) is 15.3. The van der Waals surface area contributed by atoms with Crippen LogP contribution in [0, 0.1) is 11.3 Å². The highest BCUT2D eigenvalue weighted by molar-refractivity contribution is 4.93. The van der Waals surface area contributed by atoms with E-state index in [4.69, 9.17) is 14.2 Å². The Kier molecular flexibility index (Phi) is 6.44. The van der Waals surface area contributed by atoms with Gasteiger partial charge < -0.3 is 19.5 Å². The molecule has 2 fully saturated rings. The maximum atomic E-state index is 5.71. The van der Waals surface area contributed by atoms with Crippen molar-refractivity contribution >= 4 is 0 Å². The number of ether oxygens (including phenoxy) is 3. The zero-order valence-corrected chi connectivity index (χ0v) is 14.1. The molecule has 5 nitrogen and oxygen atoms in total. The first-order valence-corrected chi connectivity index (χ1v) is 8.15. The van der Waals surface area contributed by atoms with Crippen LogP contribution in [0.4, 0.5) is 0 Å². The molecule has 2 aliphatic rings. The molecule has 0 aromatic carbocycles. The molecule has 2 rings (SSSR count). The van der Waals surface area contributed by atoms with Crippen molar-refractivity contribution in [2.45, 2.75) is 32.5 Å². The molecule has 0 radical (unpaired) electrons. The van der Waals surface area contributed by atoms with Crippen molar-refractivity contribution in [3.8, 4) is 0 Å². The summed E-state index contributed by atoms with van der Waals surface area (Å²) >= 11 is 0. The molecule has 21 heavy (non-hydrogen) atoms. The second-order valence-corrected chi connectivity index (χ2v) is 7.07. The van der Waals surface area contributed by atoms with Gasteiger partial charge in [-0.2, -0.15) is 0 Å². The average Bonchev–Trinajstić information content (AvgIpc) is 3.05. The van der Waals surface area contributed by atoms with Crippen LogP contribution in [0.1, 0.15) is 20.3 Å². The maximum Gasteiger partial charge on any atom is 0.0971 e. The Hall–Kier alpha value is -0.200. The second-order valence-electron chi connectivity index (χ2n) is 7.07. The van der Waals surface area contributed by atoms with Crippen molar-refractivity contribution in [2.24, 2.45) is 11.3 Å². The molecule has 0 spiro atoms. The highest BCUT2D eigenvalue weighted by atomic mass is 16.5. The molecule has 2 heterocycles. The van der Waals surface area contributed by atoms with Gasteiger partial charge in [0, 0.05) is 52.4 Å². The van der Waals surface area contributed by atoms with Gasteiger partial charge >= 0.3 is 0 Å². The third kappa shape index (κ3) is 4.63. The van der Waals surface area contributed by atoms with E-state index in [1.807, 2.05) is 0 Å². The number of methoxy groups -OCH3 is 2. The summed E-state index contributed by atoms with van der Waals surface area (Å²) in [6.45, 7) is 11.3. The predicted octanol–water partition coefficient (Wildman–Crippen LogP) is 0.984. The number of nitrogens with zero attached hydrogens (tertiary/aromatic N) is 1. The number of rotatable bonds is 8. The Morgan fingerprint density at radius 2 is 1.90 bits per heavy atom. The Morgan fingerprint density at radius 1 is 1.24 bits per heavy atom. The van der Waals surface area contributed by atoms with Gasteiger partial charge in [0.05, 0.1) is 18.8 Å². The molecule has 2 saturated heterocycles. The van der Waals surface area contributed by atoms with Crippen molar-refractivity contribution in [2.75, 3.05) is 60.2 Å². The van der Waals surface area contributed by atoms with Crippen LogP contribution in [-0.2, 0) is 14.2 Å². The molecule has 0 bridgehead atoms. The first-order chi connectivity index (χ1) is 10.1. The molecule has 0 aromatic heterocycles. The van der Waals surface area contributed by atoms with E-state index in [1.165, 1.54) is 0 Å². The second kappa shape index (κ2) is 7.88. The highest BCUT2D eigenvalue weighted by Gasteiger charge is 2.41. The summed E-state index contributed by atoms with van der Waals surface area (Å²) in [5.74, 6) is 0.687. The van der Waals surface area contributed by atoms with Gasteiger partial charge in [-0.15, -0.1) is 0 Å². The fourth-order valence-corrected chi connectivity index (χ4v) is 3.47. The number of nitrogens with one attached hydrogen (secondary N) is 1. The summed E-state index contributed by atoms with van der Waals surface area (Å²) in [4.78, 5) is 2.48. The Labute approximate surface area is 129 Å². The molecule has 1 N–H and O–H groups in total. The third-order valence-corrected chi connectivity index (χ3v) is 4.69. The summed E-state index contributed by atoms with van der Waals surface area (Å²) in [6.07, 6.45) is 1.53. The molecule has 5 heteroatoms. The normalized spacial score (nSPS) is 34.1. The molecule has 2 aliphatic heterocycles. The standard InChI is InChI=1S/C16H32N2O3/c1-13(2)7-17-10-16(5-6-21-12-16)11-18-8-14(19-3)15(9-18)20-4/h13-15,17H,5-12H2,1-4H3. The van der Waals surface area contributed by atoms with E-state index in [0.717, 1.165) is 52.4 Å². The zero-order valence-electron chi connectivity index (χ0n) is 14.1. The topological polar surface area (TPSA) is 43.0 Å². The van der Waals surface area contributed by atoms with Gasteiger partial charge in [0.25, 0.3) is 0 Å². The van der Waals surface area contributed by atoms with E-state index >= 15 is 0 Å². The van der Waals surface area contributed by atoms with Crippen LogP contribution in [0.15, 0.2) is 0 Å². The summed E-state index contributed by atoms with van der Waals surface area (Å²) < 4.78 is 16.8. The van der Waals surface area contributed by atoms with Gasteiger partial charge in [0.15, 0.2) is 0 Å². The molecule has 3 atom stereocenters. The van der Waals surface area contributed by atoms with Gasteiger partial charge in [0.1, 0.15) is 0 Å². The smallest absolute Gasteiger partial charge is 0.0971 e. The SMILES string of the molecule is COC1CN(CC2(CNCC(C)C)CCOC2)CC1OC. The number of hydrogen-bond donors (Lipinski definition) is 1. The van der Waals surface area contributed by atoms with Crippen LogP contribution in [0.25, 0.3) is 0 Å². The largest absolute Gasteiger partial charge is 0.381 e. The predicted molar refractivity (Wildman–Crippen MR) is 83.6 cm³/mol. The molecule has 3 unspecified atom stereocenters. The minimum Gasteiger partial charge on any atom is -0.381 e.